The molecule has 11 rings (SSSR count). The quantitative estimate of drug-likeness (QED) is 0.161. The average molecular weight is 864 g/mol. The topological polar surface area (TPSA) is 35.5 Å². The molecule has 0 fully saturated rings. The minimum atomic E-state index is 0.00229. The molecule has 0 bridgehead atoms. The Morgan fingerprint density at radius 1 is 0.462 bits per heavy atom. The number of thiophene rings is 1. The standard InChI is InChI=1S/C58H54BN5S/c1-56(2,3)37-20-26-40(27-21-37)62(48-32-34-61-54-53-51(65-55(48)54)19-14-33-60-53)43-35-49-52-50(36-43)64(42-30-24-39(25-31-42)58(7,8)9)47-18-13-11-16-45(47)59(52)44-15-10-12-17-46(44)63(49)41-28-22-38(23-29-41)57(4,5)6/h10-36H,1-9H3. The Labute approximate surface area is 388 Å². The van der Waals surface area contributed by atoms with E-state index in [1.54, 1.807) is 11.3 Å². The smallest absolute Gasteiger partial charge is 0.252 e. The lowest BCUT2D eigenvalue weighted by Gasteiger charge is -2.45. The summed E-state index contributed by atoms with van der Waals surface area (Å²) in [5.41, 5.74) is 19.9. The molecule has 320 valence electrons. The van der Waals surface area contributed by atoms with Crippen LogP contribution in [0.3, 0.4) is 0 Å². The Morgan fingerprint density at radius 2 is 0.938 bits per heavy atom. The van der Waals surface area contributed by atoms with Gasteiger partial charge in [0.1, 0.15) is 11.0 Å². The predicted molar refractivity (Wildman–Crippen MR) is 280 cm³/mol. The molecular formula is C58H54BN5S. The van der Waals surface area contributed by atoms with E-state index < -0.39 is 0 Å². The van der Waals surface area contributed by atoms with Crippen molar-refractivity contribution in [3.05, 3.63) is 181 Å². The van der Waals surface area contributed by atoms with E-state index in [4.69, 9.17) is 9.97 Å². The summed E-state index contributed by atoms with van der Waals surface area (Å²) in [4.78, 5) is 17.3. The monoisotopic (exact) mass is 863 g/mol. The number of fused-ring (bicyclic) bond motifs is 7. The molecule has 0 radical (unpaired) electrons. The minimum absolute atomic E-state index is 0.00229. The second-order valence-electron chi connectivity index (χ2n) is 20.8. The summed E-state index contributed by atoms with van der Waals surface area (Å²) in [6.45, 7) is 20.6. The zero-order chi connectivity index (χ0) is 45.0. The van der Waals surface area contributed by atoms with Gasteiger partial charge >= 0.3 is 0 Å². The second kappa shape index (κ2) is 14.9. The summed E-state index contributed by atoms with van der Waals surface area (Å²) in [5, 5.41) is 0. The lowest BCUT2D eigenvalue weighted by Crippen LogP contribution is -2.61. The fourth-order valence-electron chi connectivity index (χ4n) is 9.97. The minimum Gasteiger partial charge on any atom is -0.311 e. The van der Waals surface area contributed by atoms with Crippen molar-refractivity contribution in [2.45, 2.75) is 78.6 Å². The van der Waals surface area contributed by atoms with Crippen molar-refractivity contribution in [1.29, 1.82) is 0 Å². The van der Waals surface area contributed by atoms with Gasteiger partial charge in [0.15, 0.2) is 0 Å². The number of hydrogen-bond acceptors (Lipinski definition) is 6. The summed E-state index contributed by atoms with van der Waals surface area (Å²) >= 11 is 1.76. The normalized spacial score (nSPS) is 13.5. The molecule has 0 amide bonds. The van der Waals surface area contributed by atoms with Crippen LogP contribution in [0.15, 0.2) is 164 Å². The number of rotatable bonds is 5. The van der Waals surface area contributed by atoms with Crippen LogP contribution < -0.4 is 31.1 Å². The fourth-order valence-corrected chi connectivity index (χ4v) is 11.1. The number of pyridine rings is 2. The highest BCUT2D eigenvalue weighted by Crippen LogP contribution is 2.50. The summed E-state index contributed by atoms with van der Waals surface area (Å²) in [6.07, 6.45) is 3.82. The first-order valence-electron chi connectivity index (χ1n) is 22.9. The van der Waals surface area contributed by atoms with Crippen LogP contribution in [0.4, 0.5) is 51.2 Å². The molecule has 0 atom stereocenters. The highest BCUT2D eigenvalue weighted by molar-refractivity contribution is 7.26. The van der Waals surface area contributed by atoms with Crippen molar-refractivity contribution in [1.82, 2.24) is 9.97 Å². The van der Waals surface area contributed by atoms with Gasteiger partial charge in [0.05, 0.1) is 20.8 Å². The molecule has 0 saturated carbocycles. The number of para-hydroxylation sites is 2. The van der Waals surface area contributed by atoms with Gasteiger partial charge in [0.2, 0.25) is 0 Å². The van der Waals surface area contributed by atoms with Gasteiger partial charge in [-0.1, -0.05) is 135 Å². The maximum absolute atomic E-state index is 4.98. The molecular weight excluding hydrogens is 810 g/mol. The molecule has 5 nitrogen and oxygen atoms in total. The molecule has 0 unspecified atom stereocenters. The molecule has 2 aliphatic rings. The molecule has 0 N–H and O–H groups in total. The van der Waals surface area contributed by atoms with E-state index in [1.165, 1.54) is 44.5 Å². The maximum atomic E-state index is 4.98. The van der Waals surface area contributed by atoms with Gasteiger partial charge in [-0.05, 0) is 128 Å². The van der Waals surface area contributed by atoms with Crippen molar-refractivity contribution in [3.8, 4) is 0 Å². The van der Waals surface area contributed by atoms with Gasteiger partial charge in [-0.25, -0.2) is 0 Å². The van der Waals surface area contributed by atoms with Gasteiger partial charge in [-0.15, -0.1) is 11.3 Å². The summed E-state index contributed by atoms with van der Waals surface area (Å²) < 4.78 is 2.22. The van der Waals surface area contributed by atoms with Crippen molar-refractivity contribution in [2.24, 2.45) is 0 Å². The van der Waals surface area contributed by atoms with Crippen LogP contribution in [0, 0.1) is 0 Å². The molecule has 5 heterocycles. The van der Waals surface area contributed by atoms with Crippen LogP contribution in [0.1, 0.15) is 79.0 Å². The first-order valence-corrected chi connectivity index (χ1v) is 23.7. The highest BCUT2D eigenvalue weighted by Gasteiger charge is 2.44. The van der Waals surface area contributed by atoms with Crippen molar-refractivity contribution in [3.63, 3.8) is 0 Å². The lowest BCUT2D eigenvalue weighted by atomic mass is 9.33. The van der Waals surface area contributed by atoms with Gasteiger partial charge in [0, 0.05) is 52.2 Å². The van der Waals surface area contributed by atoms with Crippen LogP contribution in [0.2, 0.25) is 0 Å². The molecule has 3 aromatic heterocycles. The third-order valence-electron chi connectivity index (χ3n) is 13.4. The summed E-state index contributed by atoms with van der Waals surface area (Å²) in [7, 11) is 0. The van der Waals surface area contributed by atoms with Crippen LogP contribution in [0.5, 0.6) is 0 Å². The lowest BCUT2D eigenvalue weighted by molar-refractivity contribution is 0.590. The van der Waals surface area contributed by atoms with Crippen LogP contribution >= 0.6 is 11.3 Å². The molecule has 0 saturated heterocycles. The van der Waals surface area contributed by atoms with E-state index in [1.807, 2.05) is 18.5 Å². The number of hydrogen-bond donors (Lipinski definition) is 0. The Kier molecular flexibility index (Phi) is 9.43. The third-order valence-corrected chi connectivity index (χ3v) is 14.6. The van der Waals surface area contributed by atoms with Crippen LogP contribution in [0.25, 0.3) is 20.4 Å². The molecule has 6 aromatic carbocycles. The number of benzene rings is 6. The predicted octanol–water partition coefficient (Wildman–Crippen LogP) is 14.3. The molecule has 0 spiro atoms. The van der Waals surface area contributed by atoms with Crippen molar-refractivity contribution in [2.75, 3.05) is 14.7 Å². The first-order chi connectivity index (χ1) is 31.1. The largest absolute Gasteiger partial charge is 0.311 e. The van der Waals surface area contributed by atoms with Gasteiger partial charge < -0.3 is 14.7 Å². The van der Waals surface area contributed by atoms with E-state index in [2.05, 4.69) is 223 Å². The number of anilines is 9. The number of nitrogens with zero attached hydrogens (tertiary/aromatic N) is 5. The van der Waals surface area contributed by atoms with E-state index in [0.717, 1.165) is 60.2 Å². The van der Waals surface area contributed by atoms with Crippen molar-refractivity contribution < 1.29 is 0 Å². The first kappa shape index (κ1) is 41.0. The SMILES string of the molecule is CC(C)(C)c1ccc(N2c3ccccc3B3c4ccccc4N(c4ccc(C(C)(C)C)cc4)c4cc(N(c5ccc(C(C)(C)C)cc5)c5ccnc6c5sc5cccnc56)cc2c43)cc1. The van der Waals surface area contributed by atoms with Gasteiger partial charge in [-0.3, -0.25) is 9.97 Å². The fraction of sp³-hybridized carbons (Fsp3) is 0.207. The Hall–Kier alpha value is -6.70. The van der Waals surface area contributed by atoms with E-state index in [0.29, 0.717) is 0 Å². The second-order valence-corrected chi connectivity index (χ2v) is 21.9. The van der Waals surface area contributed by atoms with Crippen LogP contribution in [-0.4, -0.2) is 16.7 Å². The highest BCUT2D eigenvalue weighted by atomic mass is 32.1. The van der Waals surface area contributed by atoms with Crippen molar-refractivity contribution >= 4 is 106 Å². The van der Waals surface area contributed by atoms with E-state index >= 15 is 0 Å². The Bertz CT molecular complexity index is 3150. The zero-order valence-electron chi connectivity index (χ0n) is 38.8. The molecule has 65 heavy (non-hydrogen) atoms. The van der Waals surface area contributed by atoms with E-state index in [-0.39, 0.29) is 23.0 Å². The average Bonchev–Trinajstić information content (AvgIpc) is 3.68. The molecule has 7 heteroatoms. The van der Waals surface area contributed by atoms with Gasteiger partial charge in [0.25, 0.3) is 6.71 Å². The third kappa shape index (κ3) is 6.82. The summed E-state index contributed by atoms with van der Waals surface area (Å²) in [5.74, 6) is 0. The van der Waals surface area contributed by atoms with E-state index in [9.17, 15) is 0 Å². The molecule has 9 aromatic rings. The molecule has 0 aliphatic carbocycles. The summed E-state index contributed by atoms with van der Waals surface area (Å²) in [6, 6.07) is 57.0. The Balaban J connectivity index is 1.24. The maximum Gasteiger partial charge on any atom is 0.252 e. The zero-order valence-corrected chi connectivity index (χ0v) is 39.6. The number of aromatic nitrogens is 2. The van der Waals surface area contributed by atoms with Crippen LogP contribution in [-0.2, 0) is 16.2 Å². The Morgan fingerprint density at radius 3 is 1.45 bits per heavy atom. The molecule has 2 aliphatic heterocycles. The van der Waals surface area contributed by atoms with Gasteiger partial charge in [-0.2, -0.15) is 0 Å².